The zero-order chi connectivity index (χ0) is 14.7. The molecule has 1 heterocycles. The van der Waals surface area contributed by atoms with Crippen molar-refractivity contribution in [3.63, 3.8) is 0 Å². The molecule has 0 bridgehead atoms. The number of nitrogens with one attached hydrogen (secondary N) is 3. The summed E-state index contributed by atoms with van der Waals surface area (Å²) in [6.45, 7) is 6.74. The minimum Gasteiger partial charge on any atom is -0.380 e. The molecule has 5 heteroatoms. The molecule has 1 aromatic heterocycles. The van der Waals surface area contributed by atoms with Crippen LogP contribution < -0.4 is 10.6 Å². The van der Waals surface area contributed by atoms with E-state index in [-0.39, 0.29) is 0 Å². The first kappa shape index (κ1) is 14.5. The molecule has 0 aliphatic heterocycles. The number of aryl methyl sites for hydroxylation is 3. The molecule has 2 aromatic rings. The average molecular weight is 288 g/mol. The van der Waals surface area contributed by atoms with Crippen molar-refractivity contribution in [2.75, 3.05) is 17.7 Å². The molecule has 0 unspecified atom stereocenters. The van der Waals surface area contributed by atoms with E-state index in [1.807, 2.05) is 14.0 Å². The second-order valence-electron chi connectivity index (χ2n) is 4.85. The minimum atomic E-state index is 0.629. The normalized spacial score (nSPS) is 10.4. The lowest BCUT2D eigenvalue weighted by molar-refractivity contribution is 0.981. The Morgan fingerprint density at radius 2 is 1.85 bits per heavy atom. The summed E-state index contributed by atoms with van der Waals surface area (Å²) in [7, 11) is 1.88. The highest BCUT2D eigenvalue weighted by Gasteiger charge is 2.08. The molecule has 0 atom stereocenters. The summed E-state index contributed by atoms with van der Waals surface area (Å²) in [5.41, 5.74) is 4.59. The number of rotatable bonds is 4. The van der Waals surface area contributed by atoms with Crippen molar-refractivity contribution in [3.05, 3.63) is 45.4 Å². The van der Waals surface area contributed by atoms with Crippen LogP contribution in [0.4, 0.5) is 11.5 Å². The molecule has 0 amide bonds. The van der Waals surface area contributed by atoms with Gasteiger partial charge in [-0.15, -0.1) is 0 Å². The van der Waals surface area contributed by atoms with Crippen LogP contribution in [0, 0.1) is 25.4 Å². The molecule has 4 nitrogen and oxygen atoms in total. The fourth-order valence-corrected chi connectivity index (χ4v) is 2.57. The number of anilines is 2. The zero-order valence-corrected chi connectivity index (χ0v) is 13.1. The summed E-state index contributed by atoms with van der Waals surface area (Å²) in [4.78, 5) is 7.52. The Balaban J connectivity index is 2.30. The van der Waals surface area contributed by atoms with Gasteiger partial charge in [0, 0.05) is 24.8 Å². The number of hydrogen-bond acceptors (Lipinski definition) is 4. The van der Waals surface area contributed by atoms with Gasteiger partial charge in [0.1, 0.15) is 16.3 Å². The lowest BCUT2D eigenvalue weighted by Gasteiger charge is -2.15. The summed E-state index contributed by atoms with van der Waals surface area (Å²) >= 11 is 5.36. The third-order valence-corrected chi connectivity index (χ3v) is 3.65. The monoisotopic (exact) mass is 288 g/mol. The number of aromatic nitrogens is 2. The molecule has 106 valence electrons. The maximum absolute atomic E-state index is 5.36. The lowest BCUT2D eigenvalue weighted by Crippen LogP contribution is -2.09. The summed E-state index contributed by atoms with van der Waals surface area (Å²) in [6, 6.07) is 6.26. The van der Waals surface area contributed by atoms with Crippen molar-refractivity contribution in [2.45, 2.75) is 27.3 Å². The van der Waals surface area contributed by atoms with E-state index in [9.17, 15) is 0 Å². The van der Waals surface area contributed by atoms with Gasteiger partial charge in [-0.3, -0.25) is 0 Å². The quantitative estimate of drug-likeness (QED) is 0.751. The Morgan fingerprint density at radius 3 is 2.45 bits per heavy atom. The van der Waals surface area contributed by atoms with Crippen molar-refractivity contribution < 1.29 is 0 Å². The molecule has 2 rings (SSSR count). The Bertz CT molecular complexity index is 656. The van der Waals surface area contributed by atoms with Gasteiger partial charge >= 0.3 is 0 Å². The molecule has 20 heavy (non-hydrogen) atoms. The van der Waals surface area contributed by atoms with Crippen LogP contribution in [0.2, 0.25) is 0 Å². The Morgan fingerprint density at radius 1 is 1.20 bits per heavy atom. The smallest absolute Gasteiger partial charge is 0.136 e. The van der Waals surface area contributed by atoms with Gasteiger partial charge < -0.3 is 15.6 Å². The van der Waals surface area contributed by atoms with Crippen LogP contribution in [0.3, 0.4) is 0 Å². The fraction of sp³-hybridized carbons (Fsp3) is 0.333. The van der Waals surface area contributed by atoms with Crippen LogP contribution in [0.15, 0.2) is 18.2 Å². The number of H-pyrrole nitrogens is 1. The van der Waals surface area contributed by atoms with E-state index in [0.717, 1.165) is 22.9 Å². The summed E-state index contributed by atoms with van der Waals surface area (Å²) in [6.07, 6.45) is 0. The standard InChI is InChI=1S/C15H20N4S/c1-9-6-5-7-10(2)13(9)17-8-12-14(16-4)18-11(3)19-15(12)20/h5-7,17H,8H2,1-4H3,(H2,16,18,19,20). The topological polar surface area (TPSA) is 52.7 Å². The number of benzene rings is 1. The van der Waals surface area contributed by atoms with E-state index < -0.39 is 0 Å². The average Bonchev–Trinajstić information content (AvgIpc) is 2.39. The molecule has 0 saturated carbocycles. The predicted molar refractivity (Wildman–Crippen MR) is 86.9 cm³/mol. The van der Waals surface area contributed by atoms with Gasteiger partial charge in [-0.2, -0.15) is 0 Å². The Labute approximate surface area is 124 Å². The van der Waals surface area contributed by atoms with Crippen LogP contribution in [-0.2, 0) is 6.54 Å². The van der Waals surface area contributed by atoms with Gasteiger partial charge in [-0.05, 0) is 31.9 Å². The van der Waals surface area contributed by atoms with Crippen LogP contribution in [0.5, 0.6) is 0 Å². The van der Waals surface area contributed by atoms with Gasteiger partial charge in [-0.25, -0.2) is 4.98 Å². The van der Waals surface area contributed by atoms with Crippen molar-refractivity contribution in [3.8, 4) is 0 Å². The molecule has 0 radical (unpaired) electrons. The lowest BCUT2D eigenvalue weighted by atomic mass is 10.1. The highest BCUT2D eigenvalue weighted by atomic mass is 32.1. The summed E-state index contributed by atoms with van der Waals surface area (Å²) in [5, 5.41) is 6.61. The SMILES string of the molecule is CNc1[nH]c(C)nc(=S)c1CNc1c(C)cccc1C. The molecule has 1 aromatic carbocycles. The minimum absolute atomic E-state index is 0.629. The number of aromatic amines is 1. The van der Waals surface area contributed by atoms with E-state index >= 15 is 0 Å². The summed E-state index contributed by atoms with van der Waals surface area (Å²) < 4.78 is 0.629. The molecular formula is C15H20N4S. The van der Waals surface area contributed by atoms with Crippen LogP contribution in [0.1, 0.15) is 22.5 Å². The van der Waals surface area contributed by atoms with Crippen molar-refractivity contribution in [2.24, 2.45) is 0 Å². The van der Waals surface area contributed by atoms with E-state index in [2.05, 4.69) is 52.6 Å². The maximum atomic E-state index is 5.36. The van der Waals surface area contributed by atoms with Crippen molar-refractivity contribution in [1.82, 2.24) is 9.97 Å². The molecule has 0 spiro atoms. The highest BCUT2D eigenvalue weighted by Crippen LogP contribution is 2.22. The van der Waals surface area contributed by atoms with Gasteiger partial charge in [0.2, 0.25) is 0 Å². The first-order valence-electron chi connectivity index (χ1n) is 6.60. The Hall–Kier alpha value is -1.88. The molecular weight excluding hydrogens is 268 g/mol. The van der Waals surface area contributed by atoms with Crippen molar-refractivity contribution >= 4 is 23.7 Å². The second kappa shape index (κ2) is 6.05. The van der Waals surface area contributed by atoms with Gasteiger partial charge in [0.05, 0.1) is 0 Å². The maximum Gasteiger partial charge on any atom is 0.136 e. The van der Waals surface area contributed by atoms with Crippen molar-refractivity contribution in [1.29, 1.82) is 0 Å². The molecule has 0 aliphatic rings. The summed E-state index contributed by atoms with van der Waals surface area (Å²) in [5.74, 6) is 1.73. The molecule has 0 saturated heterocycles. The first-order valence-corrected chi connectivity index (χ1v) is 7.01. The largest absolute Gasteiger partial charge is 0.380 e. The third kappa shape index (κ3) is 2.99. The molecule has 3 N–H and O–H groups in total. The zero-order valence-electron chi connectivity index (χ0n) is 12.3. The van der Waals surface area contributed by atoms with E-state index in [0.29, 0.717) is 11.2 Å². The van der Waals surface area contributed by atoms with Crippen LogP contribution in [-0.4, -0.2) is 17.0 Å². The number of para-hydroxylation sites is 1. The van der Waals surface area contributed by atoms with Gasteiger partial charge in [0.15, 0.2) is 0 Å². The molecule has 0 fully saturated rings. The number of nitrogens with zero attached hydrogens (tertiary/aromatic N) is 1. The van der Waals surface area contributed by atoms with Gasteiger partial charge in [0.25, 0.3) is 0 Å². The van der Waals surface area contributed by atoms with E-state index in [1.54, 1.807) is 0 Å². The highest BCUT2D eigenvalue weighted by molar-refractivity contribution is 7.71. The van der Waals surface area contributed by atoms with Crippen LogP contribution >= 0.6 is 12.2 Å². The van der Waals surface area contributed by atoms with Gasteiger partial charge in [-0.1, -0.05) is 30.4 Å². The first-order chi connectivity index (χ1) is 9.52. The fourth-order valence-electron chi connectivity index (χ4n) is 2.26. The van der Waals surface area contributed by atoms with E-state index in [1.165, 1.54) is 11.1 Å². The predicted octanol–water partition coefficient (Wildman–Crippen LogP) is 3.72. The third-order valence-electron chi connectivity index (χ3n) is 3.31. The number of hydrogen-bond donors (Lipinski definition) is 3. The van der Waals surface area contributed by atoms with E-state index in [4.69, 9.17) is 12.2 Å². The molecule has 0 aliphatic carbocycles. The van der Waals surface area contributed by atoms with Crippen LogP contribution in [0.25, 0.3) is 0 Å². The Kier molecular flexibility index (Phi) is 4.39. The second-order valence-corrected chi connectivity index (χ2v) is 5.24.